The molecule has 3 nitrogen and oxygen atoms in total. The fourth-order valence-electron chi connectivity index (χ4n) is 2.49. The number of aliphatic carboxylic acids is 1. The van der Waals surface area contributed by atoms with Gasteiger partial charge in [0.1, 0.15) is 5.83 Å². The van der Waals surface area contributed by atoms with Crippen LogP contribution >= 0.6 is 0 Å². The SMILES string of the molecule is CC(C)[C@@H](C)[C@H](C)[C@H]1C(F)=CC1/C=C/C(O)C(=O)O. The lowest BCUT2D eigenvalue weighted by molar-refractivity contribution is -0.144. The molecule has 1 aliphatic rings. The van der Waals surface area contributed by atoms with E-state index in [1.165, 1.54) is 12.2 Å². The lowest BCUT2D eigenvalue weighted by Gasteiger charge is -2.38. The van der Waals surface area contributed by atoms with Gasteiger partial charge in [0.05, 0.1) is 0 Å². The summed E-state index contributed by atoms with van der Waals surface area (Å²) in [4.78, 5) is 10.5. The van der Waals surface area contributed by atoms with Gasteiger partial charge in [0.25, 0.3) is 0 Å². The molecule has 19 heavy (non-hydrogen) atoms. The zero-order valence-electron chi connectivity index (χ0n) is 11.9. The second kappa shape index (κ2) is 6.33. The number of aliphatic hydroxyl groups is 1. The highest BCUT2D eigenvalue weighted by molar-refractivity contribution is 5.74. The molecule has 0 fully saturated rings. The third-order valence-electron chi connectivity index (χ3n) is 4.30. The molecule has 0 aromatic rings. The van der Waals surface area contributed by atoms with Gasteiger partial charge in [-0.2, -0.15) is 0 Å². The van der Waals surface area contributed by atoms with Crippen molar-refractivity contribution < 1.29 is 19.4 Å². The minimum Gasteiger partial charge on any atom is -0.479 e. The highest BCUT2D eigenvalue weighted by Gasteiger charge is 2.38. The number of carboxylic acids is 1. The van der Waals surface area contributed by atoms with Crippen molar-refractivity contribution in [1.29, 1.82) is 0 Å². The first kappa shape index (κ1) is 15.9. The Labute approximate surface area is 113 Å². The Bertz CT molecular complexity index is 387. The van der Waals surface area contributed by atoms with Gasteiger partial charge in [0, 0.05) is 11.8 Å². The second-order valence-corrected chi connectivity index (χ2v) is 5.78. The van der Waals surface area contributed by atoms with Gasteiger partial charge in [0.15, 0.2) is 6.10 Å². The number of rotatable bonds is 6. The molecule has 2 N–H and O–H groups in total. The molecule has 0 saturated carbocycles. The normalized spacial score (nSPS) is 27.8. The summed E-state index contributed by atoms with van der Waals surface area (Å²) in [6, 6.07) is 0. The zero-order chi connectivity index (χ0) is 14.7. The molecule has 5 atom stereocenters. The molecular weight excluding hydrogens is 247 g/mol. The third kappa shape index (κ3) is 3.66. The van der Waals surface area contributed by atoms with Gasteiger partial charge in [0.2, 0.25) is 0 Å². The number of hydrogen-bond acceptors (Lipinski definition) is 2. The highest BCUT2D eigenvalue weighted by Crippen LogP contribution is 2.44. The molecule has 0 amide bonds. The van der Waals surface area contributed by atoms with E-state index in [-0.39, 0.29) is 23.6 Å². The Morgan fingerprint density at radius 2 is 1.95 bits per heavy atom. The number of allylic oxidation sites excluding steroid dienone is 3. The summed E-state index contributed by atoms with van der Waals surface area (Å²) < 4.78 is 13.6. The Kier molecular flexibility index (Phi) is 5.29. The number of carboxylic acid groups (broad SMARTS) is 1. The Morgan fingerprint density at radius 1 is 1.37 bits per heavy atom. The van der Waals surface area contributed by atoms with Crippen molar-refractivity contribution in [2.24, 2.45) is 29.6 Å². The first-order chi connectivity index (χ1) is 8.75. The van der Waals surface area contributed by atoms with E-state index in [1.54, 1.807) is 6.08 Å². The lowest BCUT2D eigenvalue weighted by atomic mass is 9.67. The van der Waals surface area contributed by atoms with Gasteiger partial charge < -0.3 is 10.2 Å². The molecule has 1 aliphatic carbocycles. The maximum atomic E-state index is 13.6. The van der Waals surface area contributed by atoms with Crippen molar-refractivity contribution in [3.8, 4) is 0 Å². The van der Waals surface area contributed by atoms with E-state index in [2.05, 4.69) is 20.8 Å². The van der Waals surface area contributed by atoms with Crippen LogP contribution in [0.5, 0.6) is 0 Å². The van der Waals surface area contributed by atoms with Crippen LogP contribution in [0.1, 0.15) is 27.7 Å². The van der Waals surface area contributed by atoms with Crippen molar-refractivity contribution in [2.75, 3.05) is 0 Å². The highest BCUT2D eigenvalue weighted by atomic mass is 19.1. The number of carbonyl (C=O) groups is 1. The predicted octanol–water partition coefficient (Wildman–Crippen LogP) is 3.02. The van der Waals surface area contributed by atoms with Crippen molar-refractivity contribution in [3.05, 3.63) is 24.1 Å². The largest absolute Gasteiger partial charge is 0.479 e. The van der Waals surface area contributed by atoms with E-state index < -0.39 is 12.1 Å². The van der Waals surface area contributed by atoms with Crippen LogP contribution in [0.15, 0.2) is 24.1 Å². The lowest BCUT2D eigenvalue weighted by Crippen LogP contribution is -2.33. The average Bonchev–Trinajstić information content (AvgIpc) is 2.31. The standard InChI is InChI=1S/C15H23FO3/c1-8(2)9(3)10(4)14-11(7-12(14)16)5-6-13(17)15(18)19/h5-11,13-14,17H,1-4H3,(H,18,19)/b6-5+/t9-,10+,11?,13?,14-/m1/s1. The third-order valence-corrected chi connectivity index (χ3v) is 4.30. The molecule has 1 rings (SSSR count). The number of aliphatic hydroxyl groups excluding tert-OH is 1. The Balaban J connectivity index is 2.70. The summed E-state index contributed by atoms with van der Waals surface area (Å²) in [5.74, 6) is -0.705. The van der Waals surface area contributed by atoms with Crippen LogP contribution in [0.2, 0.25) is 0 Å². The summed E-state index contributed by atoms with van der Waals surface area (Å²) >= 11 is 0. The van der Waals surface area contributed by atoms with E-state index in [0.29, 0.717) is 11.8 Å². The fraction of sp³-hybridized carbons (Fsp3) is 0.667. The summed E-state index contributed by atoms with van der Waals surface area (Å²) in [7, 11) is 0. The Hall–Kier alpha value is -1.16. The van der Waals surface area contributed by atoms with Gasteiger partial charge in [-0.25, -0.2) is 9.18 Å². The van der Waals surface area contributed by atoms with E-state index in [0.717, 1.165) is 0 Å². The zero-order valence-corrected chi connectivity index (χ0v) is 11.9. The predicted molar refractivity (Wildman–Crippen MR) is 72.1 cm³/mol. The molecule has 0 spiro atoms. The van der Waals surface area contributed by atoms with E-state index >= 15 is 0 Å². The second-order valence-electron chi connectivity index (χ2n) is 5.78. The van der Waals surface area contributed by atoms with Crippen LogP contribution in [0, 0.1) is 29.6 Å². The summed E-state index contributed by atoms with van der Waals surface area (Å²) in [5, 5.41) is 17.8. The summed E-state index contributed by atoms with van der Waals surface area (Å²) in [5.41, 5.74) is 0. The topological polar surface area (TPSA) is 57.5 Å². The van der Waals surface area contributed by atoms with Crippen LogP contribution in [0.3, 0.4) is 0 Å². The Morgan fingerprint density at radius 3 is 2.37 bits per heavy atom. The van der Waals surface area contributed by atoms with Gasteiger partial charge in [-0.15, -0.1) is 0 Å². The molecule has 0 aliphatic heterocycles. The maximum Gasteiger partial charge on any atom is 0.336 e. The molecule has 0 heterocycles. The molecule has 0 aromatic carbocycles. The number of halogens is 1. The van der Waals surface area contributed by atoms with Gasteiger partial charge in [-0.3, -0.25) is 0 Å². The van der Waals surface area contributed by atoms with Crippen molar-refractivity contribution in [3.63, 3.8) is 0 Å². The van der Waals surface area contributed by atoms with Crippen LogP contribution in [0.25, 0.3) is 0 Å². The van der Waals surface area contributed by atoms with Crippen LogP contribution in [0.4, 0.5) is 4.39 Å². The summed E-state index contributed by atoms with van der Waals surface area (Å²) in [6.45, 7) is 8.35. The monoisotopic (exact) mass is 270 g/mol. The molecule has 2 unspecified atom stereocenters. The van der Waals surface area contributed by atoms with Crippen molar-refractivity contribution in [2.45, 2.75) is 33.8 Å². The van der Waals surface area contributed by atoms with Crippen molar-refractivity contribution >= 4 is 5.97 Å². The molecule has 0 bridgehead atoms. The van der Waals surface area contributed by atoms with Gasteiger partial charge in [-0.1, -0.05) is 33.8 Å². The number of hydrogen-bond donors (Lipinski definition) is 2. The first-order valence-electron chi connectivity index (χ1n) is 6.72. The molecule has 4 heteroatoms. The molecule has 108 valence electrons. The van der Waals surface area contributed by atoms with E-state index in [4.69, 9.17) is 5.11 Å². The average molecular weight is 270 g/mol. The molecule has 0 aromatic heterocycles. The van der Waals surface area contributed by atoms with E-state index in [1.807, 2.05) is 6.92 Å². The van der Waals surface area contributed by atoms with Crippen LogP contribution in [-0.2, 0) is 4.79 Å². The molecule has 0 radical (unpaired) electrons. The minimum absolute atomic E-state index is 0.120. The van der Waals surface area contributed by atoms with Crippen LogP contribution < -0.4 is 0 Å². The quantitative estimate of drug-likeness (QED) is 0.729. The fourth-order valence-corrected chi connectivity index (χ4v) is 2.49. The summed E-state index contributed by atoms with van der Waals surface area (Å²) in [6.07, 6.45) is 2.78. The first-order valence-corrected chi connectivity index (χ1v) is 6.72. The minimum atomic E-state index is -1.52. The van der Waals surface area contributed by atoms with Crippen LogP contribution in [-0.4, -0.2) is 22.3 Å². The molecular formula is C15H23FO3. The van der Waals surface area contributed by atoms with Gasteiger partial charge >= 0.3 is 5.97 Å². The smallest absolute Gasteiger partial charge is 0.336 e. The maximum absolute atomic E-state index is 13.6. The van der Waals surface area contributed by atoms with Gasteiger partial charge in [-0.05, 0) is 29.9 Å². The molecule has 0 saturated heterocycles. The van der Waals surface area contributed by atoms with E-state index in [9.17, 15) is 14.3 Å². The van der Waals surface area contributed by atoms with Crippen molar-refractivity contribution in [1.82, 2.24) is 0 Å².